The van der Waals surface area contributed by atoms with E-state index in [-0.39, 0.29) is 6.09 Å². The van der Waals surface area contributed by atoms with Crippen molar-refractivity contribution < 1.29 is 14.3 Å². The van der Waals surface area contributed by atoms with E-state index in [1.165, 1.54) is 0 Å². The zero-order valence-corrected chi connectivity index (χ0v) is 11.6. The third-order valence-electron chi connectivity index (χ3n) is 3.08. The van der Waals surface area contributed by atoms with Crippen molar-refractivity contribution in [2.24, 2.45) is 0 Å². The summed E-state index contributed by atoms with van der Waals surface area (Å²) in [4.78, 5) is 24.0. The number of likely N-dealkylation sites (tertiary alicyclic amines) is 1. The van der Waals surface area contributed by atoms with Gasteiger partial charge in [0.1, 0.15) is 11.9 Å². The fourth-order valence-corrected chi connectivity index (χ4v) is 2.01. The lowest BCUT2D eigenvalue weighted by atomic mass is 9.91. The summed E-state index contributed by atoms with van der Waals surface area (Å²) in [7, 11) is 0. The van der Waals surface area contributed by atoms with Gasteiger partial charge >= 0.3 is 6.09 Å². The largest absolute Gasteiger partial charge is 0.444 e. The van der Waals surface area contributed by atoms with Crippen LogP contribution in [-0.4, -0.2) is 36.0 Å². The summed E-state index contributed by atoms with van der Waals surface area (Å²) < 4.78 is 5.30. The molecule has 1 aromatic carbocycles. The standard InChI is InChI=1S/C15H19NO3/c1-15(2,3)19-14(18)16-8-13(9-16)12-6-4-11(10-17)5-7-12/h4-7,10,13H,8-9H2,1-3H3. The number of hydrogen-bond donors (Lipinski definition) is 0. The lowest BCUT2D eigenvalue weighted by Crippen LogP contribution is -2.50. The van der Waals surface area contributed by atoms with Crippen LogP contribution in [0.5, 0.6) is 0 Å². The Hall–Kier alpha value is -1.84. The predicted molar refractivity (Wildman–Crippen MR) is 72.4 cm³/mol. The number of carbonyl (C=O) groups excluding carboxylic acids is 2. The number of nitrogens with zero attached hydrogens (tertiary/aromatic N) is 1. The van der Waals surface area contributed by atoms with Crippen molar-refractivity contribution in [1.29, 1.82) is 0 Å². The van der Waals surface area contributed by atoms with Crippen molar-refractivity contribution in [3.8, 4) is 0 Å². The first-order chi connectivity index (χ1) is 8.89. The zero-order valence-electron chi connectivity index (χ0n) is 11.6. The van der Waals surface area contributed by atoms with Crippen LogP contribution in [-0.2, 0) is 4.74 Å². The molecule has 0 aliphatic carbocycles. The Kier molecular flexibility index (Phi) is 3.60. The molecule has 4 nitrogen and oxygen atoms in total. The van der Waals surface area contributed by atoms with Crippen LogP contribution < -0.4 is 0 Å². The Balaban J connectivity index is 1.88. The third-order valence-corrected chi connectivity index (χ3v) is 3.08. The van der Waals surface area contributed by atoms with Crippen molar-refractivity contribution >= 4 is 12.4 Å². The van der Waals surface area contributed by atoms with Crippen molar-refractivity contribution in [1.82, 2.24) is 4.90 Å². The highest BCUT2D eigenvalue weighted by Crippen LogP contribution is 2.28. The van der Waals surface area contributed by atoms with E-state index in [1.807, 2.05) is 32.9 Å². The summed E-state index contributed by atoms with van der Waals surface area (Å²) in [6.45, 7) is 6.94. The second-order valence-electron chi connectivity index (χ2n) is 5.87. The molecular weight excluding hydrogens is 242 g/mol. The molecule has 0 radical (unpaired) electrons. The average Bonchev–Trinajstić information content (AvgIpc) is 2.25. The maximum Gasteiger partial charge on any atom is 0.410 e. The van der Waals surface area contributed by atoms with Gasteiger partial charge in [0.05, 0.1) is 0 Å². The molecule has 102 valence electrons. The van der Waals surface area contributed by atoms with Crippen LogP contribution in [0.25, 0.3) is 0 Å². The van der Waals surface area contributed by atoms with Gasteiger partial charge < -0.3 is 9.64 Å². The molecule has 4 heteroatoms. The van der Waals surface area contributed by atoms with Gasteiger partial charge in [-0.2, -0.15) is 0 Å². The van der Waals surface area contributed by atoms with Gasteiger partial charge in [0.25, 0.3) is 0 Å². The predicted octanol–water partition coefficient (Wildman–Crippen LogP) is 2.83. The number of benzene rings is 1. The van der Waals surface area contributed by atoms with E-state index in [1.54, 1.807) is 17.0 Å². The van der Waals surface area contributed by atoms with E-state index in [2.05, 4.69) is 0 Å². The maximum atomic E-state index is 11.8. The van der Waals surface area contributed by atoms with Gasteiger partial charge in [-0.3, -0.25) is 4.79 Å². The van der Waals surface area contributed by atoms with E-state index in [4.69, 9.17) is 4.74 Å². The fourth-order valence-electron chi connectivity index (χ4n) is 2.01. The van der Waals surface area contributed by atoms with Gasteiger partial charge in [-0.25, -0.2) is 4.79 Å². The monoisotopic (exact) mass is 261 g/mol. The Morgan fingerprint density at radius 1 is 1.26 bits per heavy atom. The molecule has 2 rings (SSSR count). The quantitative estimate of drug-likeness (QED) is 0.769. The molecule has 0 spiro atoms. The van der Waals surface area contributed by atoms with Crippen LogP contribution in [0.15, 0.2) is 24.3 Å². The van der Waals surface area contributed by atoms with Gasteiger partial charge in [-0.1, -0.05) is 24.3 Å². The minimum absolute atomic E-state index is 0.256. The molecule has 1 heterocycles. The van der Waals surface area contributed by atoms with Crippen LogP contribution >= 0.6 is 0 Å². The summed E-state index contributed by atoms with van der Waals surface area (Å²) in [5.41, 5.74) is 1.38. The number of ether oxygens (including phenoxy) is 1. The molecule has 1 aliphatic heterocycles. The molecule has 1 aromatic rings. The number of carbonyl (C=O) groups is 2. The summed E-state index contributed by atoms with van der Waals surface area (Å²) in [6, 6.07) is 7.50. The first-order valence-corrected chi connectivity index (χ1v) is 6.42. The summed E-state index contributed by atoms with van der Waals surface area (Å²) >= 11 is 0. The zero-order chi connectivity index (χ0) is 14.0. The smallest absolute Gasteiger partial charge is 0.410 e. The molecule has 0 bridgehead atoms. The highest BCUT2D eigenvalue weighted by atomic mass is 16.6. The summed E-state index contributed by atoms with van der Waals surface area (Å²) in [6.07, 6.45) is 0.575. The molecule has 0 saturated carbocycles. The first kappa shape index (κ1) is 13.6. The highest BCUT2D eigenvalue weighted by molar-refractivity contribution is 5.74. The molecule has 0 N–H and O–H groups in total. The molecule has 0 unspecified atom stereocenters. The molecule has 1 amide bonds. The Labute approximate surface area is 113 Å². The van der Waals surface area contributed by atoms with Crippen LogP contribution in [0.3, 0.4) is 0 Å². The van der Waals surface area contributed by atoms with Gasteiger partial charge in [-0.15, -0.1) is 0 Å². The van der Waals surface area contributed by atoms with E-state index in [0.717, 1.165) is 11.8 Å². The van der Waals surface area contributed by atoms with Crippen LogP contribution in [0.4, 0.5) is 4.79 Å². The summed E-state index contributed by atoms with van der Waals surface area (Å²) in [5.74, 6) is 0.341. The average molecular weight is 261 g/mol. The normalized spacial score (nSPS) is 15.8. The Morgan fingerprint density at radius 2 is 1.84 bits per heavy atom. The minimum Gasteiger partial charge on any atom is -0.444 e. The molecule has 1 fully saturated rings. The second kappa shape index (κ2) is 5.03. The number of aldehydes is 1. The Morgan fingerprint density at radius 3 is 2.32 bits per heavy atom. The van der Waals surface area contributed by atoms with E-state index in [9.17, 15) is 9.59 Å². The van der Waals surface area contributed by atoms with Crippen LogP contribution in [0.1, 0.15) is 42.6 Å². The topological polar surface area (TPSA) is 46.6 Å². The molecule has 0 aromatic heterocycles. The van der Waals surface area contributed by atoms with Gasteiger partial charge in [0, 0.05) is 24.6 Å². The number of hydrogen-bond acceptors (Lipinski definition) is 3. The van der Waals surface area contributed by atoms with Crippen molar-refractivity contribution in [2.45, 2.75) is 32.3 Å². The van der Waals surface area contributed by atoms with Crippen molar-refractivity contribution in [3.05, 3.63) is 35.4 Å². The van der Waals surface area contributed by atoms with Crippen molar-refractivity contribution in [2.75, 3.05) is 13.1 Å². The lowest BCUT2D eigenvalue weighted by Gasteiger charge is -2.40. The van der Waals surface area contributed by atoms with Crippen molar-refractivity contribution in [3.63, 3.8) is 0 Å². The SMILES string of the molecule is CC(C)(C)OC(=O)N1CC(c2ccc(C=O)cc2)C1. The molecule has 1 saturated heterocycles. The number of rotatable bonds is 2. The first-order valence-electron chi connectivity index (χ1n) is 6.42. The lowest BCUT2D eigenvalue weighted by molar-refractivity contribution is 0.00819. The van der Waals surface area contributed by atoms with Crippen LogP contribution in [0.2, 0.25) is 0 Å². The molecule has 1 aliphatic rings. The third kappa shape index (κ3) is 3.34. The molecule has 0 atom stereocenters. The van der Waals surface area contributed by atoms with Gasteiger partial charge in [-0.05, 0) is 26.3 Å². The highest BCUT2D eigenvalue weighted by Gasteiger charge is 2.34. The van der Waals surface area contributed by atoms with E-state index < -0.39 is 5.60 Å². The van der Waals surface area contributed by atoms with E-state index >= 15 is 0 Å². The second-order valence-corrected chi connectivity index (χ2v) is 5.87. The van der Waals surface area contributed by atoms with Gasteiger partial charge in [0.15, 0.2) is 0 Å². The van der Waals surface area contributed by atoms with Crippen LogP contribution in [0, 0.1) is 0 Å². The fraction of sp³-hybridized carbons (Fsp3) is 0.467. The maximum absolute atomic E-state index is 11.8. The Bertz CT molecular complexity index is 467. The summed E-state index contributed by atoms with van der Waals surface area (Å²) in [5, 5.41) is 0. The van der Waals surface area contributed by atoms with E-state index in [0.29, 0.717) is 24.6 Å². The number of amides is 1. The molecule has 19 heavy (non-hydrogen) atoms. The van der Waals surface area contributed by atoms with Gasteiger partial charge in [0.2, 0.25) is 0 Å². The minimum atomic E-state index is -0.451. The molecular formula is C15H19NO3.